The lowest BCUT2D eigenvalue weighted by Crippen LogP contribution is -2.33. The van der Waals surface area contributed by atoms with Gasteiger partial charge in [-0.25, -0.2) is 4.79 Å². The summed E-state index contributed by atoms with van der Waals surface area (Å²) in [5.74, 6) is 2.35. The maximum atomic E-state index is 12.2. The number of carbonyl (C=O) groups is 1. The molecule has 0 bridgehead atoms. The van der Waals surface area contributed by atoms with Gasteiger partial charge in [0.25, 0.3) is 0 Å². The zero-order valence-corrected chi connectivity index (χ0v) is 15.6. The number of thioether (sulfide) groups is 1. The largest absolute Gasteiger partial charge is 0.334 e. The SMILES string of the molecule is O=C(NCc1cccc(Cl)c1)Nc1ccccc1CN1CCSCC1. The summed E-state index contributed by atoms with van der Waals surface area (Å²) in [7, 11) is 0. The van der Waals surface area contributed by atoms with Crippen LogP contribution in [0.1, 0.15) is 11.1 Å². The maximum absolute atomic E-state index is 12.2. The monoisotopic (exact) mass is 375 g/mol. The van der Waals surface area contributed by atoms with Crippen LogP contribution in [0.4, 0.5) is 10.5 Å². The van der Waals surface area contributed by atoms with E-state index in [9.17, 15) is 4.79 Å². The van der Waals surface area contributed by atoms with Crippen molar-refractivity contribution in [2.24, 2.45) is 0 Å². The number of benzene rings is 2. The Balaban J connectivity index is 1.57. The van der Waals surface area contributed by atoms with Crippen LogP contribution >= 0.6 is 23.4 Å². The molecule has 0 unspecified atom stereocenters. The minimum atomic E-state index is -0.207. The normalized spacial score (nSPS) is 14.9. The average Bonchev–Trinajstić information content (AvgIpc) is 2.63. The number of rotatable bonds is 5. The molecule has 3 rings (SSSR count). The zero-order valence-electron chi connectivity index (χ0n) is 14.0. The first-order valence-corrected chi connectivity index (χ1v) is 9.91. The van der Waals surface area contributed by atoms with Gasteiger partial charge in [-0.05, 0) is 29.3 Å². The van der Waals surface area contributed by atoms with Crippen molar-refractivity contribution in [1.82, 2.24) is 10.2 Å². The van der Waals surface area contributed by atoms with Crippen molar-refractivity contribution < 1.29 is 4.79 Å². The summed E-state index contributed by atoms with van der Waals surface area (Å²) in [5, 5.41) is 6.52. The summed E-state index contributed by atoms with van der Waals surface area (Å²) >= 11 is 7.97. The zero-order chi connectivity index (χ0) is 17.5. The second kappa shape index (κ2) is 9.13. The highest BCUT2D eigenvalue weighted by Crippen LogP contribution is 2.19. The van der Waals surface area contributed by atoms with Crippen LogP contribution in [0.3, 0.4) is 0 Å². The van der Waals surface area contributed by atoms with E-state index in [1.807, 2.05) is 54.2 Å². The minimum Gasteiger partial charge on any atom is -0.334 e. The molecule has 0 spiro atoms. The van der Waals surface area contributed by atoms with Crippen LogP contribution in [0.2, 0.25) is 5.02 Å². The summed E-state index contributed by atoms with van der Waals surface area (Å²) in [6.45, 7) is 3.50. The molecular formula is C19H22ClN3OS. The number of halogens is 1. The van der Waals surface area contributed by atoms with Crippen molar-refractivity contribution >= 4 is 35.1 Å². The van der Waals surface area contributed by atoms with E-state index in [-0.39, 0.29) is 6.03 Å². The van der Waals surface area contributed by atoms with Crippen LogP contribution in [0.25, 0.3) is 0 Å². The molecule has 2 aromatic carbocycles. The Kier molecular flexibility index (Phi) is 6.62. The number of urea groups is 1. The van der Waals surface area contributed by atoms with E-state index in [0.29, 0.717) is 11.6 Å². The topological polar surface area (TPSA) is 44.4 Å². The lowest BCUT2D eigenvalue weighted by atomic mass is 10.1. The van der Waals surface area contributed by atoms with Crippen LogP contribution in [0.5, 0.6) is 0 Å². The van der Waals surface area contributed by atoms with E-state index < -0.39 is 0 Å². The third kappa shape index (κ3) is 5.66. The number of carbonyl (C=O) groups excluding carboxylic acids is 1. The van der Waals surface area contributed by atoms with Crippen molar-refractivity contribution in [2.75, 3.05) is 29.9 Å². The maximum Gasteiger partial charge on any atom is 0.319 e. The second-order valence-electron chi connectivity index (χ2n) is 5.98. The molecule has 6 heteroatoms. The summed E-state index contributed by atoms with van der Waals surface area (Å²) in [5.41, 5.74) is 2.98. The first-order valence-electron chi connectivity index (χ1n) is 8.38. The summed E-state index contributed by atoms with van der Waals surface area (Å²) in [4.78, 5) is 14.7. The standard InChI is InChI=1S/C19H22ClN3OS/c20-17-6-3-4-15(12-17)13-21-19(24)22-18-7-2-1-5-16(18)14-23-8-10-25-11-9-23/h1-7,12H,8-11,13-14H2,(H2,21,22,24). The van der Waals surface area contributed by atoms with Gasteiger partial charge in [0.15, 0.2) is 0 Å². The molecule has 0 saturated carbocycles. The molecule has 4 nitrogen and oxygen atoms in total. The minimum absolute atomic E-state index is 0.207. The third-order valence-corrected chi connectivity index (χ3v) is 5.28. The van der Waals surface area contributed by atoms with Crippen molar-refractivity contribution in [3.05, 3.63) is 64.7 Å². The van der Waals surface area contributed by atoms with Crippen molar-refractivity contribution in [2.45, 2.75) is 13.1 Å². The first-order chi connectivity index (χ1) is 12.2. The van der Waals surface area contributed by atoms with Gasteiger partial charge >= 0.3 is 6.03 Å². The highest BCUT2D eigenvalue weighted by Gasteiger charge is 2.13. The lowest BCUT2D eigenvalue weighted by molar-refractivity contribution is 0.251. The molecule has 1 aliphatic rings. The van der Waals surface area contributed by atoms with Gasteiger partial charge in [-0.3, -0.25) is 4.90 Å². The van der Waals surface area contributed by atoms with E-state index >= 15 is 0 Å². The Morgan fingerprint density at radius 1 is 1.12 bits per heavy atom. The number of para-hydroxylation sites is 1. The fourth-order valence-electron chi connectivity index (χ4n) is 2.78. The summed E-state index contributed by atoms with van der Waals surface area (Å²) < 4.78 is 0. The highest BCUT2D eigenvalue weighted by molar-refractivity contribution is 7.99. The molecule has 0 atom stereocenters. The number of hydrogen-bond donors (Lipinski definition) is 2. The van der Waals surface area contributed by atoms with Crippen LogP contribution in [-0.4, -0.2) is 35.5 Å². The first kappa shape index (κ1) is 18.1. The van der Waals surface area contributed by atoms with Gasteiger partial charge < -0.3 is 10.6 Å². The molecule has 1 fully saturated rings. The Bertz CT molecular complexity index is 719. The number of nitrogens with zero attached hydrogens (tertiary/aromatic N) is 1. The fraction of sp³-hybridized carbons (Fsp3) is 0.316. The quantitative estimate of drug-likeness (QED) is 0.822. The van der Waals surface area contributed by atoms with Crippen LogP contribution in [-0.2, 0) is 13.1 Å². The molecule has 2 N–H and O–H groups in total. The van der Waals surface area contributed by atoms with Crippen LogP contribution in [0, 0.1) is 0 Å². The molecule has 1 saturated heterocycles. The Morgan fingerprint density at radius 2 is 1.92 bits per heavy atom. The molecule has 2 aromatic rings. The van der Waals surface area contributed by atoms with Gasteiger partial charge in [-0.15, -0.1) is 0 Å². The highest BCUT2D eigenvalue weighted by atomic mass is 35.5. The molecule has 1 aliphatic heterocycles. The van der Waals surface area contributed by atoms with E-state index in [1.165, 1.54) is 11.5 Å². The third-order valence-electron chi connectivity index (χ3n) is 4.11. The molecule has 1 heterocycles. The molecule has 2 amide bonds. The number of amides is 2. The number of anilines is 1. The lowest BCUT2D eigenvalue weighted by Gasteiger charge is -2.27. The van der Waals surface area contributed by atoms with Gasteiger partial charge in [-0.2, -0.15) is 11.8 Å². The molecular weight excluding hydrogens is 354 g/mol. The molecule has 0 aliphatic carbocycles. The van der Waals surface area contributed by atoms with Crippen molar-refractivity contribution in [3.8, 4) is 0 Å². The van der Waals surface area contributed by atoms with Crippen molar-refractivity contribution in [1.29, 1.82) is 0 Å². The van der Waals surface area contributed by atoms with Crippen LogP contribution in [0.15, 0.2) is 48.5 Å². The molecule has 0 radical (unpaired) electrons. The van der Waals surface area contributed by atoms with E-state index in [1.54, 1.807) is 0 Å². The predicted octanol–water partition coefficient (Wildman–Crippen LogP) is 4.21. The van der Waals surface area contributed by atoms with E-state index in [4.69, 9.17) is 11.6 Å². The predicted molar refractivity (Wildman–Crippen MR) is 106 cm³/mol. The van der Waals surface area contributed by atoms with Gasteiger partial charge in [-0.1, -0.05) is 41.9 Å². The van der Waals surface area contributed by atoms with Gasteiger partial charge in [0.1, 0.15) is 0 Å². The Hall–Kier alpha value is -1.69. The van der Waals surface area contributed by atoms with E-state index in [0.717, 1.165) is 36.4 Å². The molecule has 0 aromatic heterocycles. The average molecular weight is 376 g/mol. The Labute approximate surface area is 157 Å². The number of hydrogen-bond acceptors (Lipinski definition) is 3. The van der Waals surface area contributed by atoms with Gasteiger partial charge in [0.2, 0.25) is 0 Å². The van der Waals surface area contributed by atoms with E-state index in [2.05, 4.69) is 21.6 Å². The van der Waals surface area contributed by atoms with Gasteiger partial charge in [0, 0.05) is 48.4 Å². The molecule has 25 heavy (non-hydrogen) atoms. The Morgan fingerprint density at radius 3 is 2.72 bits per heavy atom. The fourth-order valence-corrected chi connectivity index (χ4v) is 3.97. The van der Waals surface area contributed by atoms with Crippen LogP contribution < -0.4 is 10.6 Å². The van der Waals surface area contributed by atoms with Crippen molar-refractivity contribution in [3.63, 3.8) is 0 Å². The summed E-state index contributed by atoms with van der Waals surface area (Å²) in [6.07, 6.45) is 0. The number of nitrogens with one attached hydrogen (secondary N) is 2. The summed E-state index contributed by atoms with van der Waals surface area (Å²) in [6, 6.07) is 15.3. The molecule has 132 valence electrons. The smallest absolute Gasteiger partial charge is 0.319 e. The van der Waals surface area contributed by atoms with Gasteiger partial charge in [0.05, 0.1) is 0 Å². The second-order valence-corrected chi connectivity index (χ2v) is 7.64.